The van der Waals surface area contributed by atoms with Gasteiger partial charge in [0.15, 0.2) is 0 Å². The first-order valence-corrected chi connectivity index (χ1v) is 6.32. The first-order valence-electron chi connectivity index (χ1n) is 6.32. The predicted molar refractivity (Wildman–Crippen MR) is 73.7 cm³/mol. The zero-order chi connectivity index (χ0) is 14.7. The summed E-state index contributed by atoms with van der Waals surface area (Å²) in [5.41, 5.74) is 5.85. The van der Waals surface area contributed by atoms with Crippen LogP contribution in [-0.2, 0) is 4.79 Å². The van der Waals surface area contributed by atoms with Crippen LogP contribution in [0.4, 0.5) is 20.6 Å². The summed E-state index contributed by atoms with van der Waals surface area (Å²) in [6, 6.07) is 3.94. The number of hydrogen-bond acceptors (Lipinski definition) is 3. The van der Waals surface area contributed by atoms with Gasteiger partial charge in [0, 0.05) is 38.8 Å². The molecule has 0 spiro atoms. The summed E-state index contributed by atoms with van der Waals surface area (Å²) < 4.78 is 13.0. The van der Waals surface area contributed by atoms with Crippen LogP contribution in [0.15, 0.2) is 18.2 Å². The summed E-state index contributed by atoms with van der Waals surface area (Å²) in [6.07, 6.45) is 0.191. The zero-order valence-corrected chi connectivity index (χ0v) is 11.2. The molecule has 0 atom stereocenters. The van der Waals surface area contributed by atoms with Gasteiger partial charge in [-0.15, -0.1) is 0 Å². The number of rotatable bonds is 4. The van der Waals surface area contributed by atoms with Crippen molar-refractivity contribution in [2.24, 2.45) is 0 Å². The van der Waals surface area contributed by atoms with E-state index < -0.39 is 5.82 Å². The molecule has 20 heavy (non-hydrogen) atoms. The standard InChI is InChI=1S/C13H17FN4O2/c1-17-6-7-18(13(17)20)5-4-12(19)16-9-2-3-10(14)11(15)8-9/h2-3,8H,4-7,15H2,1H3,(H,16,19). The lowest BCUT2D eigenvalue weighted by Crippen LogP contribution is -2.32. The fraction of sp³-hybridized carbons (Fsp3) is 0.385. The number of carbonyl (C=O) groups is 2. The van der Waals surface area contributed by atoms with Crippen molar-refractivity contribution < 1.29 is 14.0 Å². The van der Waals surface area contributed by atoms with Crippen LogP contribution in [0.5, 0.6) is 0 Å². The lowest BCUT2D eigenvalue weighted by Gasteiger charge is -2.15. The highest BCUT2D eigenvalue weighted by atomic mass is 19.1. The third kappa shape index (κ3) is 3.17. The minimum Gasteiger partial charge on any atom is -0.396 e. The van der Waals surface area contributed by atoms with Crippen LogP contribution in [0.2, 0.25) is 0 Å². The summed E-state index contributed by atoms with van der Waals surface area (Å²) in [5.74, 6) is -0.757. The Hall–Kier alpha value is -2.31. The van der Waals surface area contributed by atoms with E-state index in [0.717, 1.165) is 0 Å². The molecule has 1 aliphatic heterocycles. The van der Waals surface area contributed by atoms with Gasteiger partial charge in [-0.05, 0) is 18.2 Å². The molecule has 0 aromatic heterocycles. The minimum absolute atomic E-state index is 0.0147. The molecule has 108 valence electrons. The van der Waals surface area contributed by atoms with Crippen molar-refractivity contribution >= 4 is 23.3 Å². The lowest BCUT2D eigenvalue weighted by molar-refractivity contribution is -0.116. The minimum atomic E-state index is -0.520. The average molecular weight is 280 g/mol. The predicted octanol–water partition coefficient (Wildman–Crippen LogP) is 1.10. The number of hydrogen-bond donors (Lipinski definition) is 2. The molecule has 2 rings (SSSR count). The van der Waals surface area contributed by atoms with Crippen LogP contribution in [0.1, 0.15) is 6.42 Å². The maximum Gasteiger partial charge on any atom is 0.319 e. The van der Waals surface area contributed by atoms with Gasteiger partial charge in [0.1, 0.15) is 5.82 Å². The topological polar surface area (TPSA) is 78.7 Å². The zero-order valence-electron chi connectivity index (χ0n) is 11.2. The number of anilines is 2. The fourth-order valence-corrected chi connectivity index (χ4v) is 1.99. The fourth-order valence-electron chi connectivity index (χ4n) is 1.99. The number of likely N-dealkylation sites (N-methyl/N-ethyl adjacent to an activating group) is 1. The molecule has 1 aromatic carbocycles. The van der Waals surface area contributed by atoms with E-state index in [-0.39, 0.29) is 24.0 Å². The van der Waals surface area contributed by atoms with Crippen molar-refractivity contribution in [1.29, 1.82) is 0 Å². The van der Waals surface area contributed by atoms with Gasteiger partial charge in [0.25, 0.3) is 0 Å². The molecule has 0 unspecified atom stereocenters. The van der Waals surface area contributed by atoms with Gasteiger partial charge in [0.2, 0.25) is 5.91 Å². The molecular formula is C13H17FN4O2. The molecule has 7 heteroatoms. The summed E-state index contributed by atoms with van der Waals surface area (Å²) >= 11 is 0. The molecule has 1 heterocycles. The average Bonchev–Trinajstić information content (AvgIpc) is 2.72. The molecule has 0 saturated carbocycles. The van der Waals surface area contributed by atoms with E-state index in [2.05, 4.69) is 5.32 Å². The number of nitrogens with zero attached hydrogens (tertiary/aromatic N) is 2. The molecule has 3 amide bonds. The van der Waals surface area contributed by atoms with E-state index in [0.29, 0.717) is 25.3 Å². The maximum atomic E-state index is 13.0. The summed E-state index contributed by atoms with van der Waals surface area (Å²) in [4.78, 5) is 26.6. The summed E-state index contributed by atoms with van der Waals surface area (Å²) in [7, 11) is 1.73. The van der Waals surface area contributed by atoms with Crippen LogP contribution in [0, 0.1) is 5.82 Å². The number of halogens is 1. The largest absolute Gasteiger partial charge is 0.396 e. The van der Waals surface area contributed by atoms with Crippen LogP contribution >= 0.6 is 0 Å². The Kier molecular flexibility index (Phi) is 4.07. The van der Waals surface area contributed by atoms with Crippen LogP contribution in [0.3, 0.4) is 0 Å². The molecule has 6 nitrogen and oxygen atoms in total. The second-order valence-electron chi connectivity index (χ2n) is 4.73. The van der Waals surface area contributed by atoms with Crippen LogP contribution < -0.4 is 11.1 Å². The van der Waals surface area contributed by atoms with E-state index in [1.54, 1.807) is 16.8 Å². The Balaban J connectivity index is 1.83. The van der Waals surface area contributed by atoms with E-state index >= 15 is 0 Å². The lowest BCUT2D eigenvalue weighted by atomic mass is 10.2. The number of carbonyl (C=O) groups excluding carboxylic acids is 2. The van der Waals surface area contributed by atoms with Crippen molar-refractivity contribution in [3.8, 4) is 0 Å². The smallest absolute Gasteiger partial charge is 0.319 e. The number of benzene rings is 1. The highest BCUT2D eigenvalue weighted by Gasteiger charge is 2.25. The Morgan fingerprint density at radius 2 is 2.20 bits per heavy atom. The monoisotopic (exact) mass is 280 g/mol. The second kappa shape index (κ2) is 5.77. The van der Waals surface area contributed by atoms with Gasteiger partial charge in [-0.1, -0.05) is 0 Å². The van der Waals surface area contributed by atoms with Gasteiger partial charge < -0.3 is 20.9 Å². The molecule has 0 aliphatic carbocycles. The van der Waals surface area contributed by atoms with Crippen molar-refractivity contribution in [1.82, 2.24) is 9.80 Å². The summed E-state index contributed by atoms with van der Waals surface area (Å²) in [6.45, 7) is 1.67. The first kappa shape index (κ1) is 14.1. The summed E-state index contributed by atoms with van der Waals surface area (Å²) in [5, 5.41) is 2.62. The molecule has 1 saturated heterocycles. The molecule has 0 radical (unpaired) electrons. The van der Waals surface area contributed by atoms with Crippen molar-refractivity contribution in [2.45, 2.75) is 6.42 Å². The Bertz CT molecular complexity index is 535. The molecule has 1 fully saturated rings. The third-order valence-corrected chi connectivity index (χ3v) is 3.19. The van der Waals surface area contributed by atoms with Crippen LogP contribution in [0.25, 0.3) is 0 Å². The van der Waals surface area contributed by atoms with E-state index in [1.807, 2.05) is 0 Å². The quantitative estimate of drug-likeness (QED) is 0.811. The molecule has 1 aliphatic rings. The van der Waals surface area contributed by atoms with Crippen molar-refractivity contribution in [2.75, 3.05) is 37.7 Å². The van der Waals surface area contributed by atoms with Gasteiger partial charge in [-0.2, -0.15) is 0 Å². The van der Waals surface area contributed by atoms with E-state index in [1.165, 1.54) is 18.2 Å². The molecule has 0 bridgehead atoms. The van der Waals surface area contributed by atoms with Crippen LogP contribution in [-0.4, -0.2) is 48.4 Å². The van der Waals surface area contributed by atoms with E-state index in [9.17, 15) is 14.0 Å². The molecular weight excluding hydrogens is 263 g/mol. The third-order valence-electron chi connectivity index (χ3n) is 3.19. The number of nitrogen functional groups attached to an aromatic ring is 1. The highest BCUT2D eigenvalue weighted by Crippen LogP contribution is 2.16. The first-order chi connectivity index (χ1) is 9.47. The van der Waals surface area contributed by atoms with Gasteiger partial charge in [-0.25, -0.2) is 9.18 Å². The normalized spacial score (nSPS) is 14.8. The number of urea groups is 1. The number of nitrogens with one attached hydrogen (secondary N) is 1. The molecule has 1 aromatic rings. The Labute approximate surface area is 116 Å². The second-order valence-corrected chi connectivity index (χ2v) is 4.73. The van der Waals surface area contributed by atoms with E-state index in [4.69, 9.17) is 5.73 Å². The number of nitrogens with two attached hydrogens (primary N) is 1. The SMILES string of the molecule is CN1CCN(CCC(=O)Nc2ccc(F)c(N)c2)C1=O. The van der Waals surface area contributed by atoms with Gasteiger partial charge in [-0.3, -0.25) is 4.79 Å². The highest BCUT2D eigenvalue weighted by molar-refractivity contribution is 5.91. The maximum absolute atomic E-state index is 13.0. The van der Waals surface area contributed by atoms with Crippen molar-refractivity contribution in [3.63, 3.8) is 0 Å². The number of amides is 3. The van der Waals surface area contributed by atoms with Crippen molar-refractivity contribution in [3.05, 3.63) is 24.0 Å². The van der Waals surface area contributed by atoms with Gasteiger partial charge in [0.05, 0.1) is 5.69 Å². The van der Waals surface area contributed by atoms with Gasteiger partial charge >= 0.3 is 6.03 Å². The molecule has 3 N–H and O–H groups in total. The Morgan fingerprint density at radius 3 is 2.80 bits per heavy atom. The Morgan fingerprint density at radius 1 is 1.45 bits per heavy atom.